The molecule has 0 aliphatic carbocycles. The Kier molecular flexibility index (Phi) is 2.44. The monoisotopic (exact) mass is 192 g/mol. The van der Waals surface area contributed by atoms with E-state index in [9.17, 15) is 4.39 Å². The molecular formula is C10H9FN2O. The summed E-state index contributed by atoms with van der Waals surface area (Å²) >= 11 is 0. The highest BCUT2D eigenvalue weighted by Gasteiger charge is 1.97. The number of hydrogen-bond donors (Lipinski definition) is 1. The molecule has 4 heteroatoms. The van der Waals surface area contributed by atoms with Gasteiger partial charge in [-0.3, -0.25) is 0 Å². The number of benzene rings is 1. The van der Waals surface area contributed by atoms with Crippen LogP contribution in [0, 0.1) is 5.82 Å². The van der Waals surface area contributed by atoms with Crippen molar-refractivity contribution in [3.8, 4) is 0 Å². The molecule has 1 aromatic carbocycles. The summed E-state index contributed by atoms with van der Waals surface area (Å²) in [6.45, 7) is 0.498. The minimum Gasteiger partial charge on any atom is -0.432 e. The second kappa shape index (κ2) is 3.91. The molecule has 0 atom stereocenters. The smallest absolute Gasteiger partial charge is 0.294 e. The summed E-state index contributed by atoms with van der Waals surface area (Å²) in [6, 6.07) is 6.82. The van der Waals surface area contributed by atoms with Gasteiger partial charge >= 0.3 is 0 Å². The maximum atomic E-state index is 12.8. The molecule has 0 aliphatic rings. The lowest BCUT2D eigenvalue weighted by molar-refractivity contribution is 0.570. The Morgan fingerprint density at radius 1 is 1.43 bits per heavy atom. The molecule has 0 spiro atoms. The molecule has 0 saturated heterocycles. The first-order valence-electron chi connectivity index (χ1n) is 4.22. The topological polar surface area (TPSA) is 38.1 Å². The van der Waals surface area contributed by atoms with Gasteiger partial charge in [0, 0.05) is 6.54 Å². The Morgan fingerprint density at radius 2 is 2.36 bits per heavy atom. The molecule has 0 fully saturated rings. The van der Waals surface area contributed by atoms with E-state index in [0.717, 1.165) is 5.56 Å². The van der Waals surface area contributed by atoms with Crippen LogP contribution in [0.25, 0.3) is 0 Å². The van der Waals surface area contributed by atoms with Crippen LogP contribution in [0.2, 0.25) is 0 Å². The molecule has 0 aliphatic heterocycles. The van der Waals surface area contributed by atoms with Crippen LogP contribution in [0.5, 0.6) is 0 Å². The average molecular weight is 192 g/mol. The van der Waals surface area contributed by atoms with Gasteiger partial charge in [0.1, 0.15) is 12.1 Å². The fraction of sp³-hybridized carbons (Fsp3) is 0.100. The zero-order chi connectivity index (χ0) is 9.80. The summed E-state index contributed by atoms with van der Waals surface area (Å²) in [5, 5.41) is 2.92. The normalized spacial score (nSPS) is 10.1. The number of oxazole rings is 1. The van der Waals surface area contributed by atoms with E-state index in [1.54, 1.807) is 12.3 Å². The zero-order valence-corrected chi connectivity index (χ0v) is 7.40. The Hall–Kier alpha value is -1.84. The molecule has 1 N–H and O–H groups in total. The van der Waals surface area contributed by atoms with E-state index in [1.165, 1.54) is 18.4 Å². The first kappa shape index (κ1) is 8.74. The Morgan fingerprint density at radius 3 is 3.07 bits per heavy atom. The van der Waals surface area contributed by atoms with Crippen LogP contribution in [-0.2, 0) is 6.54 Å². The van der Waals surface area contributed by atoms with Gasteiger partial charge in [-0.2, -0.15) is 0 Å². The average Bonchev–Trinajstić information content (AvgIpc) is 2.67. The summed E-state index contributed by atoms with van der Waals surface area (Å²) in [6.07, 6.45) is 3.03. The Balaban J connectivity index is 1.98. The molecule has 14 heavy (non-hydrogen) atoms. The van der Waals surface area contributed by atoms with Crippen LogP contribution < -0.4 is 5.32 Å². The van der Waals surface area contributed by atoms with E-state index in [4.69, 9.17) is 4.42 Å². The van der Waals surface area contributed by atoms with Crippen LogP contribution in [0.3, 0.4) is 0 Å². The SMILES string of the molecule is Fc1cccc(CNc2ncco2)c1. The first-order chi connectivity index (χ1) is 6.84. The summed E-state index contributed by atoms with van der Waals surface area (Å²) in [5.74, 6) is -0.239. The van der Waals surface area contributed by atoms with Gasteiger partial charge in [0.05, 0.1) is 6.20 Å². The van der Waals surface area contributed by atoms with Crippen molar-refractivity contribution >= 4 is 6.01 Å². The van der Waals surface area contributed by atoms with Crippen LogP contribution in [0.1, 0.15) is 5.56 Å². The fourth-order valence-corrected chi connectivity index (χ4v) is 1.14. The van der Waals surface area contributed by atoms with E-state index in [1.807, 2.05) is 6.07 Å². The van der Waals surface area contributed by atoms with Crippen LogP contribution in [0.4, 0.5) is 10.4 Å². The number of rotatable bonds is 3. The number of halogens is 1. The molecule has 3 nitrogen and oxygen atoms in total. The molecule has 0 saturated carbocycles. The van der Waals surface area contributed by atoms with Crippen molar-refractivity contribution in [1.29, 1.82) is 0 Å². The third kappa shape index (κ3) is 2.10. The third-order valence-corrected chi connectivity index (χ3v) is 1.77. The second-order valence-corrected chi connectivity index (χ2v) is 2.82. The molecule has 1 heterocycles. The van der Waals surface area contributed by atoms with E-state index in [2.05, 4.69) is 10.3 Å². The van der Waals surface area contributed by atoms with Gasteiger partial charge in [-0.15, -0.1) is 0 Å². The molecule has 2 aromatic rings. The zero-order valence-electron chi connectivity index (χ0n) is 7.40. The molecule has 0 amide bonds. The molecule has 0 radical (unpaired) electrons. The second-order valence-electron chi connectivity index (χ2n) is 2.82. The van der Waals surface area contributed by atoms with E-state index >= 15 is 0 Å². The number of hydrogen-bond acceptors (Lipinski definition) is 3. The number of nitrogens with one attached hydrogen (secondary N) is 1. The highest BCUT2D eigenvalue weighted by molar-refractivity contribution is 5.24. The molecule has 1 aromatic heterocycles. The van der Waals surface area contributed by atoms with Crippen LogP contribution >= 0.6 is 0 Å². The molecule has 0 unspecified atom stereocenters. The number of nitrogens with zero attached hydrogens (tertiary/aromatic N) is 1. The predicted octanol–water partition coefficient (Wildman–Crippen LogP) is 2.43. The van der Waals surface area contributed by atoms with Crippen molar-refractivity contribution in [3.05, 3.63) is 48.1 Å². The van der Waals surface area contributed by atoms with Gasteiger partial charge < -0.3 is 9.73 Å². The summed E-state index contributed by atoms with van der Waals surface area (Å²) < 4.78 is 17.7. The van der Waals surface area contributed by atoms with Gasteiger partial charge in [0.2, 0.25) is 0 Å². The third-order valence-electron chi connectivity index (χ3n) is 1.77. The summed E-state index contributed by atoms with van der Waals surface area (Å²) in [7, 11) is 0. The summed E-state index contributed by atoms with van der Waals surface area (Å²) in [5.41, 5.74) is 0.850. The molecule has 72 valence electrons. The van der Waals surface area contributed by atoms with Crippen molar-refractivity contribution in [2.45, 2.75) is 6.54 Å². The van der Waals surface area contributed by atoms with Crippen LogP contribution in [0.15, 0.2) is 41.1 Å². The number of aromatic nitrogens is 1. The minimum atomic E-state index is -0.239. The Labute approximate surface area is 80.6 Å². The van der Waals surface area contributed by atoms with E-state index in [0.29, 0.717) is 12.6 Å². The highest BCUT2D eigenvalue weighted by Crippen LogP contribution is 2.07. The lowest BCUT2D eigenvalue weighted by Gasteiger charge is -2.01. The molecular weight excluding hydrogens is 183 g/mol. The van der Waals surface area contributed by atoms with E-state index in [-0.39, 0.29) is 5.82 Å². The standard InChI is InChI=1S/C10H9FN2O/c11-9-3-1-2-8(6-9)7-13-10-12-4-5-14-10/h1-6H,7H2,(H,12,13). The van der Waals surface area contributed by atoms with Crippen molar-refractivity contribution in [2.75, 3.05) is 5.32 Å². The first-order valence-corrected chi connectivity index (χ1v) is 4.22. The van der Waals surface area contributed by atoms with E-state index < -0.39 is 0 Å². The minimum absolute atomic E-state index is 0.239. The van der Waals surface area contributed by atoms with Gasteiger partial charge in [-0.25, -0.2) is 9.37 Å². The van der Waals surface area contributed by atoms with Gasteiger partial charge in [-0.1, -0.05) is 12.1 Å². The van der Waals surface area contributed by atoms with Gasteiger partial charge in [-0.05, 0) is 17.7 Å². The lowest BCUT2D eigenvalue weighted by atomic mass is 10.2. The maximum absolute atomic E-state index is 12.8. The van der Waals surface area contributed by atoms with Crippen molar-refractivity contribution in [2.24, 2.45) is 0 Å². The van der Waals surface area contributed by atoms with Gasteiger partial charge in [0.15, 0.2) is 0 Å². The van der Waals surface area contributed by atoms with Crippen molar-refractivity contribution in [1.82, 2.24) is 4.98 Å². The Bertz CT molecular complexity index is 400. The summed E-state index contributed by atoms with van der Waals surface area (Å²) in [4.78, 5) is 3.88. The quantitative estimate of drug-likeness (QED) is 0.811. The largest absolute Gasteiger partial charge is 0.432 e. The molecule has 2 rings (SSSR count). The van der Waals surface area contributed by atoms with Crippen molar-refractivity contribution in [3.63, 3.8) is 0 Å². The number of anilines is 1. The van der Waals surface area contributed by atoms with Crippen molar-refractivity contribution < 1.29 is 8.81 Å². The fourth-order valence-electron chi connectivity index (χ4n) is 1.14. The predicted molar refractivity (Wildman–Crippen MR) is 50.2 cm³/mol. The van der Waals surface area contributed by atoms with Crippen LogP contribution in [-0.4, -0.2) is 4.98 Å². The molecule has 0 bridgehead atoms. The lowest BCUT2D eigenvalue weighted by Crippen LogP contribution is -1.99. The van der Waals surface area contributed by atoms with Gasteiger partial charge in [0.25, 0.3) is 6.01 Å². The maximum Gasteiger partial charge on any atom is 0.294 e. The highest BCUT2D eigenvalue weighted by atomic mass is 19.1.